The maximum Gasteiger partial charge on any atom is 0.240 e. The molecule has 20 heavy (non-hydrogen) atoms. The maximum absolute atomic E-state index is 12.3. The van der Waals surface area contributed by atoms with Crippen LogP contribution in [0.2, 0.25) is 0 Å². The number of nitrogens with one attached hydrogen (secondary N) is 1. The van der Waals surface area contributed by atoms with E-state index < -0.39 is 10.0 Å². The summed E-state index contributed by atoms with van der Waals surface area (Å²) in [6.07, 6.45) is 2.81. The standard InChI is InChI=1S/C14H21NO4S/c1-10-3-4-12(7-10)15-20(17,18)13-5-6-14(19-2)11(8-13)9-16/h5-6,8,10,12,15-16H,3-4,7,9H2,1-2H3. The van der Waals surface area contributed by atoms with Gasteiger partial charge in [-0.1, -0.05) is 6.92 Å². The van der Waals surface area contributed by atoms with E-state index in [2.05, 4.69) is 11.6 Å². The van der Waals surface area contributed by atoms with Crippen molar-refractivity contribution in [3.63, 3.8) is 0 Å². The third kappa shape index (κ3) is 3.31. The van der Waals surface area contributed by atoms with Crippen molar-refractivity contribution in [3.05, 3.63) is 23.8 Å². The van der Waals surface area contributed by atoms with Crippen molar-refractivity contribution in [2.75, 3.05) is 7.11 Å². The maximum atomic E-state index is 12.3. The molecule has 2 atom stereocenters. The minimum absolute atomic E-state index is 0.00896. The monoisotopic (exact) mass is 299 g/mol. The fourth-order valence-electron chi connectivity index (χ4n) is 2.65. The van der Waals surface area contributed by atoms with Gasteiger partial charge in [0.25, 0.3) is 0 Å². The zero-order chi connectivity index (χ0) is 14.8. The Morgan fingerprint density at radius 2 is 2.15 bits per heavy atom. The molecule has 0 aromatic heterocycles. The van der Waals surface area contributed by atoms with Gasteiger partial charge in [0, 0.05) is 11.6 Å². The molecule has 1 aliphatic rings. The van der Waals surface area contributed by atoms with Gasteiger partial charge < -0.3 is 9.84 Å². The molecule has 1 aromatic rings. The summed E-state index contributed by atoms with van der Waals surface area (Å²) in [7, 11) is -2.05. The third-order valence-corrected chi connectivity index (χ3v) is 5.27. The van der Waals surface area contributed by atoms with Crippen LogP contribution in [0.3, 0.4) is 0 Å². The van der Waals surface area contributed by atoms with Gasteiger partial charge in [-0.25, -0.2) is 13.1 Å². The number of hydrogen-bond donors (Lipinski definition) is 2. The Bertz CT molecular complexity index is 571. The summed E-state index contributed by atoms with van der Waals surface area (Å²) in [5, 5.41) is 9.26. The molecule has 2 unspecified atom stereocenters. The average Bonchev–Trinajstić information content (AvgIpc) is 2.82. The minimum atomic E-state index is -3.54. The van der Waals surface area contributed by atoms with Crippen LogP contribution in [-0.4, -0.2) is 26.7 Å². The molecule has 6 heteroatoms. The highest BCUT2D eigenvalue weighted by atomic mass is 32.2. The second kappa shape index (κ2) is 6.11. The molecule has 2 N–H and O–H groups in total. The molecule has 1 aliphatic carbocycles. The van der Waals surface area contributed by atoms with E-state index in [-0.39, 0.29) is 17.5 Å². The summed E-state index contributed by atoms with van der Waals surface area (Å²) in [5.41, 5.74) is 0.468. The highest BCUT2D eigenvalue weighted by Gasteiger charge is 2.26. The fraction of sp³-hybridized carbons (Fsp3) is 0.571. The van der Waals surface area contributed by atoms with Crippen LogP contribution >= 0.6 is 0 Å². The lowest BCUT2D eigenvalue weighted by Gasteiger charge is -2.14. The number of ether oxygens (including phenoxy) is 1. The van der Waals surface area contributed by atoms with Crippen LogP contribution in [0.4, 0.5) is 0 Å². The molecule has 0 radical (unpaired) electrons. The van der Waals surface area contributed by atoms with Crippen molar-refractivity contribution in [2.24, 2.45) is 5.92 Å². The van der Waals surface area contributed by atoms with Gasteiger partial charge >= 0.3 is 0 Å². The van der Waals surface area contributed by atoms with Gasteiger partial charge in [-0.05, 0) is 43.4 Å². The Balaban J connectivity index is 2.21. The molecule has 0 aliphatic heterocycles. The van der Waals surface area contributed by atoms with Crippen molar-refractivity contribution in [2.45, 2.75) is 43.7 Å². The van der Waals surface area contributed by atoms with Crippen molar-refractivity contribution >= 4 is 10.0 Å². The molecule has 0 saturated heterocycles. The lowest BCUT2D eigenvalue weighted by molar-refractivity contribution is 0.273. The molecule has 0 amide bonds. The molecule has 1 fully saturated rings. The van der Waals surface area contributed by atoms with Gasteiger partial charge in [0.05, 0.1) is 18.6 Å². The van der Waals surface area contributed by atoms with Gasteiger partial charge in [-0.2, -0.15) is 0 Å². The van der Waals surface area contributed by atoms with Crippen LogP contribution in [0.25, 0.3) is 0 Å². The van der Waals surface area contributed by atoms with E-state index in [1.54, 1.807) is 6.07 Å². The van der Waals surface area contributed by atoms with Crippen LogP contribution in [0.1, 0.15) is 31.7 Å². The lowest BCUT2D eigenvalue weighted by atomic mass is 10.1. The van der Waals surface area contributed by atoms with E-state index in [0.717, 1.165) is 19.3 Å². The number of aliphatic hydroxyl groups excluding tert-OH is 1. The van der Waals surface area contributed by atoms with Crippen molar-refractivity contribution in [1.82, 2.24) is 4.72 Å². The van der Waals surface area contributed by atoms with Crippen LogP contribution in [0, 0.1) is 5.92 Å². The predicted molar refractivity (Wildman–Crippen MR) is 76.0 cm³/mol. The highest BCUT2D eigenvalue weighted by molar-refractivity contribution is 7.89. The normalized spacial score (nSPS) is 22.9. The van der Waals surface area contributed by atoms with Gasteiger partial charge in [-0.15, -0.1) is 0 Å². The van der Waals surface area contributed by atoms with E-state index in [0.29, 0.717) is 17.2 Å². The molecule has 1 aromatic carbocycles. The Morgan fingerprint density at radius 3 is 2.70 bits per heavy atom. The van der Waals surface area contributed by atoms with E-state index in [1.807, 2.05) is 0 Å². The fourth-order valence-corrected chi connectivity index (χ4v) is 3.98. The molecule has 2 rings (SSSR count). The molecule has 0 bridgehead atoms. The second-order valence-corrected chi connectivity index (χ2v) is 7.08. The summed E-state index contributed by atoms with van der Waals surface area (Å²) < 4.78 is 32.5. The first-order valence-corrected chi connectivity index (χ1v) is 8.24. The molecule has 0 heterocycles. The van der Waals surface area contributed by atoms with Crippen molar-refractivity contribution < 1.29 is 18.3 Å². The summed E-state index contributed by atoms with van der Waals surface area (Å²) in [4.78, 5) is 0.168. The molecule has 112 valence electrons. The average molecular weight is 299 g/mol. The van der Waals surface area contributed by atoms with Crippen LogP contribution in [-0.2, 0) is 16.6 Å². The highest BCUT2D eigenvalue weighted by Crippen LogP contribution is 2.27. The first kappa shape index (κ1) is 15.3. The summed E-state index contributed by atoms with van der Waals surface area (Å²) in [6.45, 7) is 1.87. The van der Waals surface area contributed by atoms with Gasteiger partial charge in [-0.3, -0.25) is 0 Å². The quantitative estimate of drug-likeness (QED) is 0.867. The largest absolute Gasteiger partial charge is 0.496 e. The van der Waals surface area contributed by atoms with E-state index >= 15 is 0 Å². The smallest absolute Gasteiger partial charge is 0.240 e. The van der Waals surface area contributed by atoms with Gasteiger partial charge in [0.15, 0.2) is 0 Å². The number of aliphatic hydroxyl groups is 1. The Kier molecular flexibility index (Phi) is 4.67. The number of sulfonamides is 1. The summed E-state index contributed by atoms with van der Waals surface area (Å²) in [5.74, 6) is 1.05. The molecular weight excluding hydrogens is 278 g/mol. The van der Waals surface area contributed by atoms with Crippen LogP contribution in [0.5, 0.6) is 5.75 Å². The first-order chi connectivity index (χ1) is 9.46. The number of methoxy groups -OCH3 is 1. The SMILES string of the molecule is COc1ccc(S(=O)(=O)NC2CCC(C)C2)cc1CO. The Morgan fingerprint density at radius 1 is 1.40 bits per heavy atom. The predicted octanol–water partition coefficient (Wildman–Crippen LogP) is 1.65. The molecule has 1 saturated carbocycles. The molecule has 5 nitrogen and oxygen atoms in total. The number of hydrogen-bond acceptors (Lipinski definition) is 4. The minimum Gasteiger partial charge on any atom is -0.496 e. The Labute approximate surface area is 120 Å². The molecular formula is C14H21NO4S. The summed E-state index contributed by atoms with van der Waals surface area (Å²) >= 11 is 0. The van der Waals surface area contributed by atoms with Crippen LogP contribution in [0.15, 0.2) is 23.1 Å². The van der Waals surface area contributed by atoms with Crippen molar-refractivity contribution in [1.29, 1.82) is 0 Å². The van der Waals surface area contributed by atoms with Crippen LogP contribution < -0.4 is 9.46 Å². The molecule has 0 spiro atoms. The van der Waals surface area contributed by atoms with E-state index in [1.165, 1.54) is 19.2 Å². The second-order valence-electron chi connectivity index (χ2n) is 5.37. The zero-order valence-electron chi connectivity index (χ0n) is 11.8. The van der Waals surface area contributed by atoms with Gasteiger partial charge in [0.2, 0.25) is 10.0 Å². The lowest BCUT2D eigenvalue weighted by Crippen LogP contribution is -2.33. The first-order valence-electron chi connectivity index (χ1n) is 6.76. The van der Waals surface area contributed by atoms with Crippen molar-refractivity contribution in [3.8, 4) is 5.75 Å². The zero-order valence-corrected chi connectivity index (χ0v) is 12.6. The number of rotatable bonds is 5. The third-order valence-electron chi connectivity index (χ3n) is 3.75. The Hall–Kier alpha value is -1.11. The van der Waals surface area contributed by atoms with Gasteiger partial charge in [0.1, 0.15) is 5.75 Å². The topological polar surface area (TPSA) is 75.6 Å². The summed E-state index contributed by atoms with van der Waals surface area (Å²) in [6, 6.07) is 4.53. The van der Waals surface area contributed by atoms with E-state index in [4.69, 9.17) is 4.74 Å². The number of benzene rings is 1. The van der Waals surface area contributed by atoms with E-state index in [9.17, 15) is 13.5 Å².